The zero-order chi connectivity index (χ0) is 13.6. The van der Waals surface area contributed by atoms with E-state index in [1.54, 1.807) is 17.8 Å². The van der Waals surface area contributed by atoms with Crippen molar-refractivity contribution in [3.63, 3.8) is 0 Å². The summed E-state index contributed by atoms with van der Waals surface area (Å²) in [5.74, 6) is -0.364. The summed E-state index contributed by atoms with van der Waals surface area (Å²) in [4.78, 5) is 11.5. The van der Waals surface area contributed by atoms with Crippen LogP contribution in [0.25, 0.3) is 22.2 Å². The van der Waals surface area contributed by atoms with E-state index in [1.165, 1.54) is 4.57 Å². The first-order valence-electron chi connectivity index (χ1n) is 5.92. The molecule has 3 aromatic rings. The summed E-state index contributed by atoms with van der Waals surface area (Å²) >= 11 is 0. The summed E-state index contributed by atoms with van der Waals surface area (Å²) in [7, 11) is 3.54. The Hall–Kier alpha value is -2.34. The van der Waals surface area contributed by atoms with Crippen molar-refractivity contribution in [3.05, 3.63) is 40.6 Å². The van der Waals surface area contributed by atoms with Gasteiger partial charge in [0, 0.05) is 32.4 Å². The molecule has 0 bridgehead atoms. The summed E-state index contributed by atoms with van der Waals surface area (Å²) in [6, 6.07) is 5.61. The number of nitrogens with zero attached hydrogens (tertiary/aromatic N) is 3. The van der Waals surface area contributed by atoms with Gasteiger partial charge in [0.25, 0.3) is 0 Å². The molecule has 0 saturated heterocycles. The van der Waals surface area contributed by atoms with Gasteiger partial charge in [-0.1, -0.05) is 6.07 Å². The second-order valence-corrected chi connectivity index (χ2v) is 4.48. The Bertz CT molecular complexity index is 810. The molecule has 3 rings (SSSR count). The highest BCUT2D eigenvalue weighted by Gasteiger charge is 2.12. The SMILES string of the molecule is Cn1cc(-c2ccc3oc(=O)n(C)c3c2)c(CN)n1. The molecule has 1 aromatic carbocycles. The first-order valence-corrected chi connectivity index (χ1v) is 5.92. The number of hydrogen-bond donors (Lipinski definition) is 1. The number of hydrogen-bond acceptors (Lipinski definition) is 4. The molecule has 98 valence electrons. The molecule has 0 atom stereocenters. The maximum Gasteiger partial charge on any atom is 0.419 e. The van der Waals surface area contributed by atoms with E-state index in [0.717, 1.165) is 22.3 Å². The van der Waals surface area contributed by atoms with E-state index in [-0.39, 0.29) is 5.76 Å². The van der Waals surface area contributed by atoms with E-state index in [9.17, 15) is 4.79 Å². The van der Waals surface area contributed by atoms with Gasteiger partial charge in [-0.05, 0) is 17.7 Å². The molecule has 2 heterocycles. The Balaban J connectivity index is 2.25. The minimum absolute atomic E-state index is 0.364. The van der Waals surface area contributed by atoms with Crippen molar-refractivity contribution in [2.45, 2.75) is 6.54 Å². The van der Waals surface area contributed by atoms with Crippen molar-refractivity contribution in [3.8, 4) is 11.1 Å². The molecule has 6 heteroatoms. The summed E-state index contributed by atoms with van der Waals surface area (Å²) in [5, 5.41) is 4.31. The molecule has 2 aromatic heterocycles. The van der Waals surface area contributed by atoms with Gasteiger partial charge in [-0.15, -0.1) is 0 Å². The highest BCUT2D eigenvalue weighted by molar-refractivity contribution is 5.81. The van der Waals surface area contributed by atoms with Gasteiger partial charge in [-0.25, -0.2) is 4.79 Å². The number of benzene rings is 1. The van der Waals surface area contributed by atoms with Gasteiger partial charge in [0.1, 0.15) is 0 Å². The molecule has 0 saturated carbocycles. The minimum atomic E-state index is -0.364. The van der Waals surface area contributed by atoms with E-state index in [4.69, 9.17) is 10.2 Å². The van der Waals surface area contributed by atoms with Crippen molar-refractivity contribution < 1.29 is 4.42 Å². The minimum Gasteiger partial charge on any atom is -0.408 e. The van der Waals surface area contributed by atoms with Crippen LogP contribution in [0.3, 0.4) is 0 Å². The van der Waals surface area contributed by atoms with Crippen LogP contribution in [0.15, 0.2) is 33.6 Å². The van der Waals surface area contributed by atoms with Crippen LogP contribution in [-0.2, 0) is 20.6 Å². The molecular formula is C13H14N4O2. The predicted molar refractivity (Wildman–Crippen MR) is 71.5 cm³/mol. The number of aryl methyl sites for hydroxylation is 2. The van der Waals surface area contributed by atoms with Gasteiger partial charge < -0.3 is 10.2 Å². The highest BCUT2D eigenvalue weighted by Crippen LogP contribution is 2.26. The number of aromatic nitrogens is 3. The maximum absolute atomic E-state index is 11.5. The van der Waals surface area contributed by atoms with Crippen LogP contribution >= 0.6 is 0 Å². The first-order chi connectivity index (χ1) is 9.10. The van der Waals surface area contributed by atoms with E-state index >= 15 is 0 Å². The molecule has 0 radical (unpaired) electrons. The third kappa shape index (κ3) is 1.77. The van der Waals surface area contributed by atoms with Crippen molar-refractivity contribution in [1.82, 2.24) is 14.3 Å². The average molecular weight is 258 g/mol. The summed E-state index contributed by atoms with van der Waals surface area (Å²) in [5.41, 5.74) is 9.81. The van der Waals surface area contributed by atoms with Crippen molar-refractivity contribution >= 4 is 11.1 Å². The van der Waals surface area contributed by atoms with Crippen LogP contribution in [0.1, 0.15) is 5.69 Å². The quantitative estimate of drug-likeness (QED) is 0.743. The maximum atomic E-state index is 11.5. The van der Waals surface area contributed by atoms with E-state index in [1.807, 2.05) is 25.4 Å². The smallest absolute Gasteiger partial charge is 0.408 e. The van der Waals surface area contributed by atoms with Gasteiger partial charge in [0.2, 0.25) is 0 Å². The highest BCUT2D eigenvalue weighted by atomic mass is 16.4. The Kier molecular flexibility index (Phi) is 2.53. The van der Waals surface area contributed by atoms with Crippen LogP contribution in [0, 0.1) is 0 Å². The number of nitrogens with two attached hydrogens (primary N) is 1. The lowest BCUT2D eigenvalue weighted by Crippen LogP contribution is -2.08. The summed E-state index contributed by atoms with van der Waals surface area (Å²) in [6.07, 6.45) is 1.92. The molecule has 0 aliphatic carbocycles. The second-order valence-electron chi connectivity index (χ2n) is 4.48. The molecule has 0 fully saturated rings. The van der Waals surface area contributed by atoms with Gasteiger partial charge in [-0.2, -0.15) is 5.10 Å². The van der Waals surface area contributed by atoms with E-state index in [0.29, 0.717) is 12.1 Å². The molecule has 2 N–H and O–H groups in total. The molecule has 0 spiro atoms. The number of fused-ring (bicyclic) bond motifs is 1. The number of oxazole rings is 1. The molecule has 0 aliphatic rings. The fourth-order valence-electron chi connectivity index (χ4n) is 2.22. The van der Waals surface area contributed by atoms with Gasteiger partial charge >= 0.3 is 5.76 Å². The van der Waals surface area contributed by atoms with Gasteiger partial charge in [-0.3, -0.25) is 9.25 Å². The molecule has 0 amide bonds. The largest absolute Gasteiger partial charge is 0.419 e. The lowest BCUT2D eigenvalue weighted by atomic mass is 10.1. The lowest BCUT2D eigenvalue weighted by Gasteiger charge is -2.01. The lowest BCUT2D eigenvalue weighted by molar-refractivity contribution is 0.528. The monoisotopic (exact) mass is 258 g/mol. The zero-order valence-corrected chi connectivity index (χ0v) is 10.8. The fraction of sp³-hybridized carbons (Fsp3) is 0.231. The van der Waals surface area contributed by atoms with Crippen LogP contribution < -0.4 is 11.5 Å². The topological polar surface area (TPSA) is 79.0 Å². The summed E-state index contributed by atoms with van der Waals surface area (Å²) < 4.78 is 8.33. The average Bonchev–Trinajstić information content (AvgIpc) is 2.91. The van der Waals surface area contributed by atoms with Crippen LogP contribution in [0.4, 0.5) is 0 Å². The Morgan fingerprint density at radius 3 is 2.89 bits per heavy atom. The Morgan fingerprint density at radius 2 is 2.16 bits per heavy atom. The first kappa shape index (κ1) is 11.7. The standard InChI is InChI=1S/C13H14N4O2/c1-16-7-9(10(6-14)15-16)8-3-4-12-11(5-8)17(2)13(18)19-12/h3-5,7H,6,14H2,1-2H3. The zero-order valence-electron chi connectivity index (χ0n) is 10.8. The number of rotatable bonds is 2. The normalized spacial score (nSPS) is 11.3. The van der Waals surface area contributed by atoms with Crippen LogP contribution in [0.5, 0.6) is 0 Å². The fourth-order valence-corrected chi connectivity index (χ4v) is 2.22. The van der Waals surface area contributed by atoms with Crippen molar-refractivity contribution in [1.29, 1.82) is 0 Å². The molecule has 0 unspecified atom stereocenters. The van der Waals surface area contributed by atoms with E-state index in [2.05, 4.69) is 5.10 Å². The molecule has 19 heavy (non-hydrogen) atoms. The van der Waals surface area contributed by atoms with Gasteiger partial charge in [0.15, 0.2) is 5.58 Å². The Labute approximate surface area is 109 Å². The Morgan fingerprint density at radius 1 is 1.37 bits per heavy atom. The second kappa shape index (κ2) is 4.10. The van der Waals surface area contributed by atoms with Gasteiger partial charge in [0.05, 0.1) is 11.2 Å². The van der Waals surface area contributed by atoms with Crippen LogP contribution in [0.2, 0.25) is 0 Å². The third-order valence-electron chi connectivity index (χ3n) is 3.20. The van der Waals surface area contributed by atoms with E-state index < -0.39 is 0 Å². The molecule has 6 nitrogen and oxygen atoms in total. The van der Waals surface area contributed by atoms with Crippen molar-refractivity contribution in [2.24, 2.45) is 19.8 Å². The summed E-state index contributed by atoms with van der Waals surface area (Å²) in [6.45, 7) is 0.374. The molecule has 0 aliphatic heterocycles. The van der Waals surface area contributed by atoms with Crippen molar-refractivity contribution in [2.75, 3.05) is 0 Å². The predicted octanol–water partition coefficient (Wildman–Crippen LogP) is 0.991. The van der Waals surface area contributed by atoms with Crippen LogP contribution in [-0.4, -0.2) is 14.3 Å². The molecular weight excluding hydrogens is 244 g/mol. The third-order valence-corrected chi connectivity index (χ3v) is 3.20.